The number of amides is 2. The first kappa shape index (κ1) is 28.7. The molecule has 0 saturated carbocycles. The van der Waals surface area contributed by atoms with Gasteiger partial charge in [-0.25, -0.2) is 8.42 Å². The first-order valence-corrected chi connectivity index (χ1v) is 14.0. The van der Waals surface area contributed by atoms with Crippen molar-refractivity contribution in [2.24, 2.45) is 0 Å². The molecule has 9 heteroatoms. The van der Waals surface area contributed by atoms with Gasteiger partial charge in [-0.1, -0.05) is 48.4 Å². The summed E-state index contributed by atoms with van der Waals surface area (Å²) in [5.74, 6) is -0.385. The molecule has 0 heterocycles. The van der Waals surface area contributed by atoms with Crippen molar-refractivity contribution in [2.45, 2.75) is 65.6 Å². The SMILES string of the molecule is CC[C@@H](C(=O)NC(C)C)N(Cc1cccc(C)c1)C(=O)CCCN(c1ccc(Cl)cc1)S(C)(=O)=O. The zero-order valence-corrected chi connectivity index (χ0v) is 22.7. The Balaban J connectivity index is 2.21. The third kappa shape index (κ3) is 8.85. The second-order valence-corrected chi connectivity index (χ2v) is 11.4. The first-order chi connectivity index (χ1) is 16.4. The highest BCUT2D eigenvalue weighted by Gasteiger charge is 2.29. The summed E-state index contributed by atoms with van der Waals surface area (Å²) < 4.78 is 26.0. The van der Waals surface area contributed by atoms with Gasteiger partial charge in [-0.3, -0.25) is 13.9 Å². The van der Waals surface area contributed by atoms with Crippen LogP contribution in [0.4, 0.5) is 5.69 Å². The molecule has 0 bridgehead atoms. The molecule has 7 nitrogen and oxygen atoms in total. The Bertz CT molecular complexity index is 1100. The van der Waals surface area contributed by atoms with Crippen LogP contribution in [0.1, 0.15) is 51.2 Å². The van der Waals surface area contributed by atoms with Crippen molar-refractivity contribution in [1.29, 1.82) is 0 Å². The molecule has 0 aliphatic rings. The van der Waals surface area contributed by atoms with E-state index in [-0.39, 0.29) is 30.8 Å². The van der Waals surface area contributed by atoms with E-state index >= 15 is 0 Å². The number of nitrogens with one attached hydrogen (secondary N) is 1. The molecule has 0 radical (unpaired) electrons. The van der Waals surface area contributed by atoms with Crippen molar-refractivity contribution in [1.82, 2.24) is 10.2 Å². The van der Waals surface area contributed by atoms with Crippen molar-refractivity contribution >= 4 is 39.1 Å². The Morgan fingerprint density at radius 2 is 1.74 bits per heavy atom. The van der Waals surface area contributed by atoms with E-state index in [2.05, 4.69) is 5.32 Å². The van der Waals surface area contributed by atoms with Gasteiger partial charge in [0.25, 0.3) is 0 Å². The van der Waals surface area contributed by atoms with Crippen LogP contribution in [0.2, 0.25) is 5.02 Å². The second kappa shape index (κ2) is 12.9. The maximum atomic E-state index is 13.4. The molecule has 0 unspecified atom stereocenters. The minimum absolute atomic E-state index is 0.0461. The average Bonchev–Trinajstić information content (AvgIpc) is 2.76. The molecular formula is C26H36ClN3O4S. The molecule has 192 valence electrons. The third-order valence-electron chi connectivity index (χ3n) is 5.52. The first-order valence-electron chi connectivity index (χ1n) is 11.8. The van der Waals surface area contributed by atoms with Crippen LogP contribution in [0.25, 0.3) is 0 Å². The lowest BCUT2D eigenvalue weighted by Gasteiger charge is -2.31. The number of benzene rings is 2. The summed E-state index contributed by atoms with van der Waals surface area (Å²) in [4.78, 5) is 27.9. The van der Waals surface area contributed by atoms with Gasteiger partial charge < -0.3 is 10.2 Å². The van der Waals surface area contributed by atoms with Crippen LogP contribution >= 0.6 is 11.6 Å². The van der Waals surface area contributed by atoms with Crippen LogP contribution in [-0.4, -0.2) is 50.0 Å². The van der Waals surface area contributed by atoms with E-state index in [1.807, 2.05) is 52.0 Å². The van der Waals surface area contributed by atoms with Crippen molar-refractivity contribution in [3.8, 4) is 0 Å². The summed E-state index contributed by atoms with van der Waals surface area (Å²) in [5.41, 5.74) is 2.50. The van der Waals surface area contributed by atoms with Gasteiger partial charge in [0.2, 0.25) is 21.8 Å². The van der Waals surface area contributed by atoms with Crippen molar-refractivity contribution in [3.05, 3.63) is 64.7 Å². The summed E-state index contributed by atoms with van der Waals surface area (Å²) in [6.07, 6.45) is 2.02. The van der Waals surface area contributed by atoms with Crippen LogP contribution in [-0.2, 0) is 26.2 Å². The van der Waals surface area contributed by atoms with Gasteiger partial charge in [0.05, 0.1) is 11.9 Å². The van der Waals surface area contributed by atoms with Gasteiger partial charge in [-0.05, 0) is 63.4 Å². The van der Waals surface area contributed by atoms with E-state index in [1.165, 1.54) is 4.31 Å². The Morgan fingerprint density at radius 1 is 1.09 bits per heavy atom. The minimum atomic E-state index is -3.55. The van der Waals surface area contributed by atoms with E-state index in [4.69, 9.17) is 11.6 Å². The van der Waals surface area contributed by atoms with Crippen LogP contribution < -0.4 is 9.62 Å². The Morgan fingerprint density at radius 3 is 2.29 bits per heavy atom. The Labute approximate surface area is 214 Å². The van der Waals surface area contributed by atoms with Crippen molar-refractivity contribution in [3.63, 3.8) is 0 Å². The van der Waals surface area contributed by atoms with E-state index in [9.17, 15) is 18.0 Å². The molecular weight excluding hydrogens is 486 g/mol. The van der Waals surface area contributed by atoms with E-state index in [1.54, 1.807) is 29.2 Å². The number of carbonyl (C=O) groups is 2. The number of sulfonamides is 1. The fourth-order valence-electron chi connectivity index (χ4n) is 3.92. The average molecular weight is 522 g/mol. The number of carbonyl (C=O) groups excluding carboxylic acids is 2. The molecule has 0 fully saturated rings. The lowest BCUT2D eigenvalue weighted by atomic mass is 10.1. The molecule has 2 aromatic carbocycles. The number of anilines is 1. The van der Waals surface area contributed by atoms with Gasteiger partial charge in [0.1, 0.15) is 6.04 Å². The lowest BCUT2D eigenvalue weighted by Crippen LogP contribution is -2.50. The lowest BCUT2D eigenvalue weighted by molar-refractivity contribution is -0.141. The van der Waals surface area contributed by atoms with E-state index in [0.29, 0.717) is 30.1 Å². The van der Waals surface area contributed by atoms with Crippen LogP contribution in [0.5, 0.6) is 0 Å². The number of hydrogen-bond donors (Lipinski definition) is 1. The molecule has 35 heavy (non-hydrogen) atoms. The zero-order valence-electron chi connectivity index (χ0n) is 21.1. The van der Waals surface area contributed by atoms with Gasteiger partial charge in [-0.15, -0.1) is 0 Å². The van der Waals surface area contributed by atoms with Gasteiger partial charge >= 0.3 is 0 Å². The summed E-state index contributed by atoms with van der Waals surface area (Å²) in [6, 6.07) is 13.7. The topological polar surface area (TPSA) is 86.8 Å². The summed E-state index contributed by atoms with van der Waals surface area (Å²) in [7, 11) is -3.55. The quantitative estimate of drug-likeness (QED) is 0.444. The molecule has 0 saturated heterocycles. The Kier molecular flexibility index (Phi) is 10.6. The monoisotopic (exact) mass is 521 g/mol. The molecule has 0 aliphatic heterocycles. The summed E-state index contributed by atoms with van der Waals surface area (Å²) in [5, 5.41) is 3.42. The van der Waals surface area contributed by atoms with Crippen LogP contribution in [0.15, 0.2) is 48.5 Å². The largest absolute Gasteiger partial charge is 0.352 e. The fraction of sp³-hybridized carbons (Fsp3) is 0.462. The zero-order chi connectivity index (χ0) is 26.2. The predicted molar refractivity (Wildman–Crippen MR) is 142 cm³/mol. The standard InChI is InChI=1S/C26H36ClN3O4S/c1-6-24(26(32)28-19(2)3)29(18-21-10-7-9-20(4)17-21)25(31)11-8-16-30(35(5,33)34)23-14-12-22(27)13-15-23/h7,9-10,12-15,17,19,24H,6,8,11,16,18H2,1-5H3,(H,28,32)/t24-/m0/s1. The third-order valence-corrected chi connectivity index (χ3v) is 6.97. The summed E-state index contributed by atoms with van der Waals surface area (Å²) >= 11 is 5.94. The number of hydrogen-bond acceptors (Lipinski definition) is 4. The van der Waals surface area contributed by atoms with Crippen molar-refractivity contribution in [2.75, 3.05) is 17.1 Å². The van der Waals surface area contributed by atoms with Gasteiger partial charge in [0, 0.05) is 30.6 Å². The van der Waals surface area contributed by atoms with E-state index < -0.39 is 16.1 Å². The number of nitrogens with zero attached hydrogens (tertiary/aromatic N) is 2. The number of halogens is 1. The molecule has 1 N–H and O–H groups in total. The molecule has 0 aromatic heterocycles. The molecule has 0 aliphatic carbocycles. The molecule has 0 spiro atoms. The van der Waals surface area contributed by atoms with Crippen LogP contribution in [0, 0.1) is 6.92 Å². The normalized spacial score (nSPS) is 12.3. The number of aryl methyl sites for hydroxylation is 1. The smallest absolute Gasteiger partial charge is 0.243 e. The molecule has 2 aromatic rings. The minimum Gasteiger partial charge on any atom is -0.352 e. The highest BCUT2D eigenvalue weighted by atomic mass is 35.5. The highest BCUT2D eigenvalue weighted by molar-refractivity contribution is 7.92. The highest BCUT2D eigenvalue weighted by Crippen LogP contribution is 2.22. The van der Waals surface area contributed by atoms with Crippen molar-refractivity contribution < 1.29 is 18.0 Å². The van der Waals surface area contributed by atoms with Gasteiger partial charge in [-0.2, -0.15) is 0 Å². The maximum absolute atomic E-state index is 13.4. The van der Waals surface area contributed by atoms with E-state index in [0.717, 1.165) is 17.4 Å². The maximum Gasteiger partial charge on any atom is 0.243 e. The fourth-order valence-corrected chi connectivity index (χ4v) is 5.01. The second-order valence-electron chi connectivity index (χ2n) is 9.01. The van der Waals surface area contributed by atoms with Gasteiger partial charge in [0.15, 0.2) is 0 Å². The predicted octanol–water partition coefficient (Wildman–Crippen LogP) is 4.53. The number of rotatable bonds is 12. The van der Waals surface area contributed by atoms with Crippen LogP contribution in [0.3, 0.4) is 0 Å². The molecule has 2 rings (SSSR count). The summed E-state index contributed by atoms with van der Waals surface area (Å²) in [6.45, 7) is 8.07. The molecule has 2 amide bonds. The molecule has 1 atom stereocenters. The Hall–Kier alpha value is -2.58.